The molecule has 34 heavy (non-hydrogen) atoms. The molecule has 4 aromatic rings. The van der Waals surface area contributed by atoms with Gasteiger partial charge in [0, 0.05) is 45.9 Å². The number of carbonyl (C=O) groups excluding carboxylic acids is 1. The molecule has 9 heteroatoms. The van der Waals surface area contributed by atoms with Gasteiger partial charge in [-0.25, -0.2) is 8.78 Å². The number of hydrogen-bond donors (Lipinski definition) is 1. The van der Waals surface area contributed by atoms with Gasteiger partial charge in [-0.15, -0.1) is 0 Å². The molecule has 1 N–H and O–H groups in total. The summed E-state index contributed by atoms with van der Waals surface area (Å²) >= 11 is 6.18. The number of carbonyl (C=O) groups is 1. The van der Waals surface area contributed by atoms with E-state index in [1.165, 1.54) is 12.1 Å². The van der Waals surface area contributed by atoms with Gasteiger partial charge in [0.25, 0.3) is 0 Å². The van der Waals surface area contributed by atoms with Crippen molar-refractivity contribution in [2.75, 3.05) is 5.32 Å². The predicted octanol–water partition coefficient (Wildman–Crippen LogP) is 5.33. The van der Waals surface area contributed by atoms with E-state index in [2.05, 4.69) is 15.4 Å². The number of aryl methyl sites for hydroxylation is 1. The van der Waals surface area contributed by atoms with Gasteiger partial charge < -0.3 is 10.1 Å². The van der Waals surface area contributed by atoms with Crippen LogP contribution >= 0.6 is 11.6 Å². The Labute approximate surface area is 200 Å². The Kier molecular flexibility index (Phi) is 7.18. The summed E-state index contributed by atoms with van der Waals surface area (Å²) in [6, 6.07) is 15.6. The number of ether oxygens (including phenoxy) is 1. The summed E-state index contributed by atoms with van der Waals surface area (Å²) in [4.78, 5) is 16.5. The third kappa shape index (κ3) is 5.96. The minimum Gasteiger partial charge on any atom is -0.488 e. The smallest absolute Gasteiger partial charge is 0.231 e. The number of hydrogen-bond acceptors (Lipinski definition) is 4. The van der Waals surface area contributed by atoms with E-state index in [0.29, 0.717) is 34.4 Å². The van der Waals surface area contributed by atoms with Crippen LogP contribution in [0.25, 0.3) is 0 Å². The van der Waals surface area contributed by atoms with Crippen LogP contribution in [0, 0.1) is 18.6 Å². The Morgan fingerprint density at radius 1 is 1.09 bits per heavy atom. The molecule has 2 aromatic heterocycles. The molecule has 0 saturated heterocycles. The fourth-order valence-electron chi connectivity index (χ4n) is 3.35. The van der Waals surface area contributed by atoms with Gasteiger partial charge in [-0.1, -0.05) is 17.7 Å². The van der Waals surface area contributed by atoms with Crippen molar-refractivity contribution >= 4 is 23.3 Å². The Bertz CT molecular complexity index is 1310. The molecule has 2 aromatic carbocycles. The Balaban J connectivity index is 1.46. The standard InChI is InChI=1S/C25H21ClF2N4O2/c1-16-10-24(30-25(33)13-21-4-2-3-9-29-21)31-32(16)14-18-11-19(26)6-8-23(18)34-15-17-5-7-20(27)12-22(17)28/h2-12H,13-15H2,1H3,(H,30,31,33). The zero-order valence-corrected chi connectivity index (χ0v) is 19.0. The number of rotatable bonds is 8. The summed E-state index contributed by atoms with van der Waals surface area (Å²) in [5.41, 5.74) is 2.42. The number of amides is 1. The number of anilines is 1. The monoisotopic (exact) mass is 482 g/mol. The molecule has 0 spiro atoms. The van der Waals surface area contributed by atoms with Crippen molar-refractivity contribution in [2.45, 2.75) is 26.5 Å². The Morgan fingerprint density at radius 3 is 2.71 bits per heavy atom. The average molecular weight is 483 g/mol. The largest absolute Gasteiger partial charge is 0.488 e. The van der Waals surface area contributed by atoms with Gasteiger partial charge >= 0.3 is 0 Å². The predicted molar refractivity (Wildman–Crippen MR) is 125 cm³/mol. The topological polar surface area (TPSA) is 69.0 Å². The zero-order valence-electron chi connectivity index (χ0n) is 18.3. The summed E-state index contributed by atoms with van der Waals surface area (Å²) in [7, 11) is 0. The van der Waals surface area contributed by atoms with Gasteiger partial charge in [-0.2, -0.15) is 5.10 Å². The lowest BCUT2D eigenvalue weighted by Crippen LogP contribution is -2.16. The molecule has 174 valence electrons. The molecule has 4 rings (SSSR count). The van der Waals surface area contributed by atoms with Crippen LogP contribution < -0.4 is 10.1 Å². The van der Waals surface area contributed by atoms with Gasteiger partial charge in [0.2, 0.25) is 5.91 Å². The zero-order chi connectivity index (χ0) is 24.1. The van der Waals surface area contributed by atoms with E-state index >= 15 is 0 Å². The van der Waals surface area contributed by atoms with E-state index in [4.69, 9.17) is 16.3 Å². The highest BCUT2D eigenvalue weighted by molar-refractivity contribution is 6.30. The summed E-state index contributed by atoms with van der Waals surface area (Å²) in [5.74, 6) is -0.647. The van der Waals surface area contributed by atoms with Gasteiger partial charge in [-0.05, 0) is 49.4 Å². The molecule has 0 aliphatic rings. The summed E-state index contributed by atoms with van der Waals surface area (Å²) in [6.45, 7) is 2.10. The highest BCUT2D eigenvalue weighted by atomic mass is 35.5. The first kappa shape index (κ1) is 23.4. The van der Waals surface area contributed by atoms with Gasteiger partial charge in [0.15, 0.2) is 5.82 Å². The fraction of sp³-hybridized carbons (Fsp3) is 0.160. The first-order chi connectivity index (χ1) is 16.4. The molecule has 0 bridgehead atoms. The molecule has 0 aliphatic carbocycles. The molecule has 6 nitrogen and oxygen atoms in total. The summed E-state index contributed by atoms with van der Waals surface area (Å²) in [6.07, 6.45) is 1.77. The van der Waals surface area contributed by atoms with Crippen LogP contribution in [-0.4, -0.2) is 20.7 Å². The van der Waals surface area contributed by atoms with E-state index in [-0.39, 0.29) is 24.5 Å². The summed E-state index contributed by atoms with van der Waals surface area (Å²) < 4.78 is 34.6. The van der Waals surface area contributed by atoms with E-state index in [9.17, 15) is 13.6 Å². The van der Waals surface area contributed by atoms with Crippen molar-refractivity contribution in [3.8, 4) is 5.75 Å². The summed E-state index contributed by atoms with van der Waals surface area (Å²) in [5, 5.41) is 7.75. The molecule has 0 saturated carbocycles. The fourth-order valence-corrected chi connectivity index (χ4v) is 3.55. The second-order valence-electron chi connectivity index (χ2n) is 7.65. The molecule has 1 amide bonds. The lowest BCUT2D eigenvalue weighted by molar-refractivity contribution is -0.115. The third-order valence-electron chi connectivity index (χ3n) is 5.06. The molecular weight excluding hydrogens is 462 g/mol. The maximum absolute atomic E-state index is 14.0. The van der Waals surface area contributed by atoms with Crippen LogP contribution in [0.2, 0.25) is 5.02 Å². The van der Waals surface area contributed by atoms with Crippen molar-refractivity contribution in [1.29, 1.82) is 0 Å². The minimum absolute atomic E-state index is 0.0757. The molecule has 0 aliphatic heterocycles. The number of aromatic nitrogens is 3. The average Bonchev–Trinajstić information content (AvgIpc) is 3.13. The van der Waals surface area contributed by atoms with Crippen molar-refractivity contribution in [1.82, 2.24) is 14.8 Å². The van der Waals surface area contributed by atoms with Gasteiger partial charge in [0.1, 0.15) is 24.0 Å². The maximum Gasteiger partial charge on any atom is 0.231 e. The van der Waals surface area contributed by atoms with E-state index in [0.717, 1.165) is 11.8 Å². The number of nitrogens with one attached hydrogen (secondary N) is 1. The number of nitrogens with zero attached hydrogens (tertiary/aromatic N) is 3. The lowest BCUT2D eigenvalue weighted by atomic mass is 10.2. The number of benzene rings is 2. The van der Waals surface area contributed by atoms with Crippen molar-refractivity contribution in [3.05, 3.63) is 106 Å². The highest BCUT2D eigenvalue weighted by Gasteiger charge is 2.13. The van der Waals surface area contributed by atoms with Crippen LogP contribution in [0.4, 0.5) is 14.6 Å². The Morgan fingerprint density at radius 2 is 1.94 bits per heavy atom. The molecular formula is C25H21ClF2N4O2. The second-order valence-corrected chi connectivity index (χ2v) is 8.09. The van der Waals surface area contributed by atoms with Crippen LogP contribution in [0.3, 0.4) is 0 Å². The minimum atomic E-state index is -0.676. The van der Waals surface area contributed by atoms with Crippen LogP contribution in [-0.2, 0) is 24.4 Å². The van der Waals surface area contributed by atoms with Gasteiger partial charge in [-0.3, -0.25) is 14.5 Å². The van der Waals surface area contributed by atoms with Crippen LogP contribution in [0.5, 0.6) is 5.75 Å². The van der Waals surface area contributed by atoms with Crippen LogP contribution in [0.15, 0.2) is 66.9 Å². The first-order valence-electron chi connectivity index (χ1n) is 10.5. The molecule has 0 atom stereocenters. The Hall–Kier alpha value is -3.78. The number of halogens is 3. The first-order valence-corrected chi connectivity index (χ1v) is 10.8. The molecule has 2 heterocycles. The molecule has 0 radical (unpaired) electrons. The van der Waals surface area contributed by atoms with E-state index in [1.54, 1.807) is 47.3 Å². The molecule has 0 fully saturated rings. The lowest BCUT2D eigenvalue weighted by Gasteiger charge is -2.13. The van der Waals surface area contributed by atoms with E-state index < -0.39 is 11.6 Å². The quantitative estimate of drug-likeness (QED) is 0.369. The third-order valence-corrected chi connectivity index (χ3v) is 5.29. The van der Waals surface area contributed by atoms with Gasteiger partial charge in [0.05, 0.1) is 13.0 Å². The molecule has 0 unspecified atom stereocenters. The second kappa shape index (κ2) is 10.4. The van der Waals surface area contributed by atoms with Crippen LogP contribution in [0.1, 0.15) is 22.5 Å². The normalized spacial score (nSPS) is 10.8. The van der Waals surface area contributed by atoms with Crippen molar-refractivity contribution < 1.29 is 18.3 Å². The van der Waals surface area contributed by atoms with Crippen molar-refractivity contribution in [2.24, 2.45) is 0 Å². The number of pyridine rings is 1. The SMILES string of the molecule is Cc1cc(NC(=O)Cc2ccccn2)nn1Cc1cc(Cl)ccc1OCc1ccc(F)cc1F. The van der Waals surface area contributed by atoms with E-state index in [1.807, 2.05) is 13.0 Å². The van der Waals surface area contributed by atoms with Crippen molar-refractivity contribution in [3.63, 3.8) is 0 Å². The highest BCUT2D eigenvalue weighted by Crippen LogP contribution is 2.26. The maximum atomic E-state index is 14.0.